The quantitative estimate of drug-likeness (QED) is 0.868. The number of alkyl halides is 3. The van der Waals surface area contributed by atoms with Crippen molar-refractivity contribution in [2.45, 2.75) is 18.5 Å². The second-order valence-electron chi connectivity index (χ2n) is 3.71. The summed E-state index contributed by atoms with van der Waals surface area (Å²) >= 11 is 0. The zero-order chi connectivity index (χ0) is 14.7. The van der Waals surface area contributed by atoms with Gasteiger partial charge in [-0.1, -0.05) is 0 Å². The van der Waals surface area contributed by atoms with E-state index in [9.17, 15) is 21.6 Å². The molecule has 1 aromatic carbocycles. The summed E-state index contributed by atoms with van der Waals surface area (Å²) in [5, 5.41) is 7.73. The van der Waals surface area contributed by atoms with E-state index >= 15 is 0 Å². The molecule has 0 saturated carbocycles. The van der Waals surface area contributed by atoms with Gasteiger partial charge in [-0.05, 0) is 31.2 Å². The maximum atomic E-state index is 11.9. The number of hydrogen-bond acceptors (Lipinski definition) is 4. The molecule has 0 aromatic heterocycles. The lowest BCUT2D eigenvalue weighted by molar-refractivity contribution is -0.274. The second-order valence-corrected chi connectivity index (χ2v) is 5.81. The molecule has 5 nitrogen and oxygen atoms in total. The Bertz CT molecular complexity index is 513. The number of benzene rings is 1. The number of aliphatic hydroxyl groups excluding tert-OH is 1. The minimum absolute atomic E-state index is 0.0785. The van der Waals surface area contributed by atoms with E-state index in [4.69, 9.17) is 5.11 Å². The standard InChI is InChI=1S/C10H12F3NO4S/c1-7(6-15)19(16,17)14-8-2-4-9(5-3-8)18-10(11,12)13/h2-5,7,14-15H,6H2,1H3. The first kappa shape index (κ1) is 15.6. The predicted octanol–water partition coefficient (Wildman–Crippen LogP) is 1.71. The Morgan fingerprint density at radius 1 is 1.32 bits per heavy atom. The third kappa shape index (κ3) is 4.95. The lowest BCUT2D eigenvalue weighted by atomic mass is 10.3. The third-order valence-corrected chi connectivity index (χ3v) is 3.86. The molecule has 0 amide bonds. The minimum Gasteiger partial charge on any atom is -0.406 e. The van der Waals surface area contributed by atoms with Gasteiger partial charge in [-0.15, -0.1) is 13.2 Å². The Balaban J connectivity index is 2.78. The van der Waals surface area contributed by atoms with Crippen LogP contribution in [-0.2, 0) is 10.0 Å². The van der Waals surface area contributed by atoms with Gasteiger partial charge < -0.3 is 9.84 Å². The molecule has 1 atom stereocenters. The minimum atomic E-state index is -4.80. The maximum Gasteiger partial charge on any atom is 0.573 e. The number of halogens is 3. The van der Waals surface area contributed by atoms with Crippen LogP contribution in [0.15, 0.2) is 24.3 Å². The molecule has 0 saturated heterocycles. The fourth-order valence-electron chi connectivity index (χ4n) is 1.09. The third-order valence-electron chi connectivity index (χ3n) is 2.13. The molecule has 0 fully saturated rings. The second kappa shape index (κ2) is 5.66. The van der Waals surface area contributed by atoms with Crippen LogP contribution in [0.2, 0.25) is 0 Å². The van der Waals surface area contributed by atoms with Crippen molar-refractivity contribution in [1.29, 1.82) is 0 Å². The SMILES string of the molecule is CC(CO)S(=O)(=O)Nc1ccc(OC(F)(F)F)cc1. The molecule has 1 rings (SSSR count). The Kier molecular flexibility index (Phi) is 4.64. The number of aliphatic hydroxyl groups is 1. The molecule has 0 aliphatic carbocycles. The molecular weight excluding hydrogens is 287 g/mol. The Morgan fingerprint density at radius 2 is 1.84 bits per heavy atom. The summed E-state index contributed by atoms with van der Waals surface area (Å²) in [6.07, 6.45) is -4.80. The van der Waals surface area contributed by atoms with Crippen molar-refractivity contribution in [3.63, 3.8) is 0 Å². The average molecular weight is 299 g/mol. The van der Waals surface area contributed by atoms with Gasteiger partial charge in [0.2, 0.25) is 10.0 Å². The van der Waals surface area contributed by atoms with Crippen LogP contribution in [0.3, 0.4) is 0 Å². The summed E-state index contributed by atoms with van der Waals surface area (Å²) in [7, 11) is -3.77. The maximum absolute atomic E-state index is 11.9. The van der Waals surface area contributed by atoms with Crippen LogP contribution in [0, 0.1) is 0 Å². The van der Waals surface area contributed by atoms with Gasteiger partial charge in [-0.3, -0.25) is 4.72 Å². The lowest BCUT2D eigenvalue weighted by Gasteiger charge is -2.13. The van der Waals surface area contributed by atoms with Crippen molar-refractivity contribution in [2.24, 2.45) is 0 Å². The molecule has 0 aliphatic rings. The van der Waals surface area contributed by atoms with Gasteiger partial charge in [0.15, 0.2) is 0 Å². The highest BCUT2D eigenvalue weighted by atomic mass is 32.2. The lowest BCUT2D eigenvalue weighted by Crippen LogP contribution is -2.28. The Hall–Kier alpha value is -1.48. The zero-order valence-corrected chi connectivity index (χ0v) is 10.6. The number of sulfonamides is 1. The molecule has 1 unspecified atom stereocenters. The van der Waals surface area contributed by atoms with Gasteiger partial charge in [-0.25, -0.2) is 8.42 Å². The molecule has 1 aromatic rings. The first-order valence-corrected chi connectivity index (χ1v) is 6.67. The number of nitrogens with one attached hydrogen (secondary N) is 1. The summed E-state index contributed by atoms with van der Waals surface area (Å²) < 4.78 is 64.6. The first-order valence-electron chi connectivity index (χ1n) is 5.12. The summed E-state index contributed by atoms with van der Waals surface area (Å²) in [4.78, 5) is 0. The van der Waals surface area contributed by atoms with Crippen LogP contribution in [0.5, 0.6) is 5.75 Å². The van der Waals surface area contributed by atoms with E-state index in [2.05, 4.69) is 9.46 Å². The zero-order valence-electron chi connectivity index (χ0n) is 9.81. The van der Waals surface area contributed by atoms with Crippen molar-refractivity contribution < 1.29 is 31.4 Å². The topological polar surface area (TPSA) is 75.6 Å². The van der Waals surface area contributed by atoms with Gasteiger partial charge in [0.05, 0.1) is 6.61 Å². The van der Waals surface area contributed by atoms with Crippen molar-refractivity contribution in [3.05, 3.63) is 24.3 Å². The Morgan fingerprint density at radius 3 is 2.26 bits per heavy atom. The van der Waals surface area contributed by atoms with Gasteiger partial charge in [0.25, 0.3) is 0 Å². The molecule has 9 heteroatoms. The molecule has 2 N–H and O–H groups in total. The molecule has 0 spiro atoms. The van der Waals surface area contributed by atoms with Crippen LogP contribution in [0.4, 0.5) is 18.9 Å². The van der Waals surface area contributed by atoms with Gasteiger partial charge in [0.1, 0.15) is 11.0 Å². The van der Waals surface area contributed by atoms with Crippen LogP contribution < -0.4 is 9.46 Å². The van der Waals surface area contributed by atoms with E-state index in [1.54, 1.807) is 0 Å². The van der Waals surface area contributed by atoms with Crippen molar-refractivity contribution in [3.8, 4) is 5.75 Å². The van der Waals surface area contributed by atoms with E-state index in [1.165, 1.54) is 6.92 Å². The molecule has 19 heavy (non-hydrogen) atoms. The molecule has 0 bridgehead atoms. The molecule has 0 aliphatic heterocycles. The summed E-state index contributed by atoms with van der Waals surface area (Å²) in [5.74, 6) is -0.453. The van der Waals surface area contributed by atoms with Crippen LogP contribution in [0.25, 0.3) is 0 Å². The highest BCUT2D eigenvalue weighted by molar-refractivity contribution is 7.93. The highest BCUT2D eigenvalue weighted by Gasteiger charge is 2.31. The first-order chi connectivity index (χ1) is 8.64. The molecule has 0 radical (unpaired) electrons. The largest absolute Gasteiger partial charge is 0.573 e. The van der Waals surface area contributed by atoms with Crippen molar-refractivity contribution >= 4 is 15.7 Å². The summed E-state index contributed by atoms with van der Waals surface area (Å²) in [6.45, 7) is 0.730. The molecule has 0 heterocycles. The van der Waals surface area contributed by atoms with Crippen LogP contribution in [-0.4, -0.2) is 31.7 Å². The normalized spacial score (nSPS) is 13.9. The van der Waals surface area contributed by atoms with E-state index in [1.807, 2.05) is 0 Å². The predicted molar refractivity (Wildman–Crippen MR) is 62.2 cm³/mol. The monoisotopic (exact) mass is 299 g/mol. The van der Waals surface area contributed by atoms with Crippen molar-refractivity contribution in [1.82, 2.24) is 0 Å². The smallest absolute Gasteiger partial charge is 0.406 e. The van der Waals surface area contributed by atoms with E-state index in [0.29, 0.717) is 0 Å². The van der Waals surface area contributed by atoms with E-state index < -0.39 is 34.0 Å². The fraction of sp³-hybridized carbons (Fsp3) is 0.400. The summed E-state index contributed by atoms with van der Waals surface area (Å²) in [6, 6.07) is 4.22. The van der Waals surface area contributed by atoms with Crippen molar-refractivity contribution in [2.75, 3.05) is 11.3 Å². The fourth-order valence-corrected chi connectivity index (χ4v) is 1.95. The van der Waals surface area contributed by atoms with E-state index in [0.717, 1.165) is 24.3 Å². The highest BCUT2D eigenvalue weighted by Crippen LogP contribution is 2.24. The van der Waals surface area contributed by atoms with E-state index in [-0.39, 0.29) is 5.69 Å². The van der Waals surface area contributed by atoms with Gasteiger partial charge in [0, 0.05) is 5.69 Å². The van der Waals surface area contributed by atoms with Crippen LogP contribution >= 0.6 is 0 Å². The Labute approximate surface area is 108 Å². The average Bonchev–Trinajstić information content (AvgIpc) is 2.28. The number of anilines is 1. The number of hydrogen-bond donors (Lipinski definition) is 2. The molecule has 108 valence electrons. The summed E-state index contributed by atoms with van der Waals surface area (Å²) in [5.41, 5.74) is 0.0785. The van der Waals surface area contributed by atoms with Gasteiger partial charge in [-0.2, -0.15) is 0 Å². The van der Waals surface area contributed by atoms with Crippen LogP contribution in [0.1, 0.15) is 6.92 Å². The molecular formula is C10H12F3NO4S. The van der Waals surface area contributed by atoms with Gasteiger partial charge >= 0.3 is 6.36 Å². The number of rotatable bonds is 5. The number of ether oxygens (including phenoxy) is 1.